The molecule has 0 unspecified atom stereocenters. The number of ketones is 1. The molecule has 3 heteroatoms. The van der Waals surface area contributed by atoms with Crippen LogP contribution in [0.1, 0.15) is 16.1 Å². The van der Waals surface area contributed by atoms with Crippen molar-refractivity contribution in [2.24, 2.45) is 0 Å². The minimum atomic E-state index is 0.0369. The van der Waals surface area contributed by atoms with E-state index >= 15 is 0 Å². The summed E-state index contributed by atoms with van der Waals surface area (Å²) >= 11 is 3.51. The summed E-state index contributed by atoms with van der Waals surface area (Å²) in [6.07, 6.45) is 1.94. The Hall–Kier alpha value is -2.39. The first-order valence-corrected chi connectivity index (χ1v) is 7.83. The maximum Gasteiger partial charge on any atom is 0.210 e. The number of carbonyl (C=O) groups excluding carboxylic acids is 1. The molecule has 0 fully saturated rings. The molecule has 2 aromatic carbocycles. The zero-order valence-electron chi connectivity index (χ0n) is 11.7. The van der Waals surface area contributed by atoms with Gasteiger partial charge in [-0.05, 0) is 24.3 Å². The van der Waals surface area contributed by atoms with Crippen molar-refractivity contribution in [2.75, 3.05) is 0 Å². The molecule has 2 nitrogen and oxygen atoms in total. The fraction of sp³-hybridized carbons (Fsp3) is 0. The molecule has 0 radical (unpaired) electrons. The minimum Gasteiger partial charge on any atom is -0.313 e. The number of benzene rings is 2. The maximum absolute atomic E-state index is 13.0. The van der Waals surface area contributed by atoms with Crippen LogP contribution in [-0.2, 0) is 0 Å². The van der Waals surface area contributed by atoms with Gasteiger partial charge in [-0.2, -0.15) is 0 Å². The van der Waals surface area contributed by atoms with Gasteiger partial charge in [0.15, 0.2) is 0 Å². The van der Waals surface area contributed by atoms with Crippen LogP contribution in [0.15, 0.2) is 77.4 Å². The second kappa shape index (κ2) is 5.11. The second-order valence-corrected chi connectivity index (χ2v) is 6.11. The third-order valence-electron chi connectivity index (χ3n) is 3.86. The van der Waals surface area contributed by atoms with Crippen molar-refractivity contribution in [3.05, 3.63) is 88.7 Å². The van der Waals surface area contributed by atoms with Crippen molar-refractivity contribution in [2.45, 2.75) is 0 Å². The Bertz CT molecular complexity index is 1000. The highest BCUT2D eigenvalue weighted by Crippen LogP contribution is 2.30. The van der Waals surface area contributed by atoms with Gasteiger partial charge >= 0.3 is 0 Å². The van der Waals surface area contributed by atoms with Gasteiger partial charge in [0, 0.05) is 27.0 Å². The molecule has 0 aliphatic rings. The number of hydrogen-bond acceptors (Lipinski definition) is 1. The van der Waals surface area contributed by atoms with E-state index < -0.39 is 0 Å². The first-order valence-electron chi connectivity index (χ1n) is 7.04. The van der Waals surface area contributed by atoms with Gasteiger partial charge in [0.1, 0.15) is 5.69 Å². The summed E-state index contributed by atoms with van der Waals surface area (Å²) in [5.74, 6) is 0.0369. The molecule has 22 heavy (non-hydrogen) atoms. The topological polar surface area (TPSA) is 21.5 Å². The molecule has 0 atom stereocenters. The first kappa shape index (κ1) is 13.3. The van der Waals surface area contributed by atoms with E-state index in [2.05, 4.69) is 22.0 Å². The predicted octanol–water partition coefficient (Wildman–Crippen LogP) is 5.09. The van der Waals surface area contributed by atoms with Crippen LogP contribution < -0.4 is 0 Å². The number of fused-ring (bicyclic) bond motifs is 3. The molecule has 2 aromatic heterocycles. The van der Waals surface area contributed by atoms with E-state index in [0.29, 0.717) is 11.3 Å². The highest BCUT2D eigenvalue weighted by Gasteiger charge is 2.19. The van der Waals surface area contributed by atoms with Gasteiger partial charge in [0.25, 0.3) is 0 Å². The summed E-state index contributed by atoms with van der Waals surface area (Å²) in [5.41, 5.74) is 2.45. The van der Waals surface area contributed by atoms with Gasteiger partial charge in [0.2, 0.25) is 5.78 Å². The van der Waals surface area contributed by atoms with E-state index in [9.17, 15) is 4.79 Å². The standard InChI is InChI=1S/C19H12BrNO/c20-14-9-10-15-16(12-14)18(21-11-5-4-8-17(15)21)19(22)13-6-2-1-3-7-13/h1-12H. The van der Waals surface area contributed by atoms with Crippen LogP contribution in [-0.4, -0.2) is 10.2 Å². The summed E-state index contributed by atoms with van der Waals surface area (Å²) in [6, 6.07) is 21.5. The fourth-order valence-electron chi connectivity index (χ4n) is 2.88. The zero-order valence-corrected chi connectivity index (χ0v) is 13.2. The van der Waals surface area contributed by atoms with Gasteiger partial charge in [0.05, 0.1) is 5.52 Å². The lowest BCUT2D eigenvalue weighted by Crippen LogP contribution is -2.05. The van der Waals surface area contributed by atoms with Crippen LogP contribution in [0.25, 0.3) is 16.3 Å². The molecule has 0 amide bonds. The molecule has 0 aliphatic heterocycles. The number of aromatic nitrogens is 1. The quantitative estimate of drug-likeness (QED) is 0.462. The van der Waals surface area contributed by atoms with Crippen molar-refractivity contribution < 1.29 is 4.79 Å². The number of pyridine rings is 1. The molecule has 106 valence electrons. The van der Waals surface area contributed by atoms with Crippen molar-refractivity contribution in [3.63, 3.8) is 0 Å². The largest absolute Gasteiger partial charge is 0.313 e. The number of halogens is 1. The van der Waals surface area contributed by atoms with E-state index in [1.807, 2.05) is 71.3 Å². The molecule has 4 rings (SSSR count). The summed E-state index contributed by atoms with van der Waals surface area (Å²) in [7, 11) is 0. The Morgan fingerprint density at radius 2 is 1.64 bits per heavy atom. The van der Waals surface area contributed by atoms with Gasteiger partial charge in [-0.1, -0.05) is 58.4 Å². The molecule has 0 N–H and O–H groups in total. The van der Waals surface area contributed by atoms with Crippen molar-refractivity contribution in [3.8, 4) is 0 Å². The number of rotatable bonds is 2. The van der Waals surface area contributed by atoms with E-state index in [4.69, 9.17) is 0 Å². The number of nitrogens with zero attached hydrogens (tertiary/aromatic N) is 1. The van der Waals surface area contributed by atoms with Gasteiger partial charge in [-0.15, -0.1) is 0 Å². The molecule has 0 bridgehead atoms. The highest BCUT2D eigenvalue weighted by atomic mass is 79.9. The van der Waals surface area contributed by atoms with Gasteiger partial charge in [-0.3, -0.25) is 4.79 Å². The van der Waals surface area contributed by atoms with E-state index in [1.54, 1.807) is 0 Å². The smallest absolute Gasteiger partial charge is 0.210 e. The molecular formula is C19H12BrNO. The van der Waals surface area contributed by atoms with E-state index in [1.165, 1.54) is 0 Å². The predicted molar refractivity (Wildman–Crippen MR) is 92.5 cm³/mol. The highest BCUT2D eigenvalue weighted by molar-refractivity contribution is 9.10. The monoisotopic (exact) mass is 349 g/mol. The molecule has 0 aliphatic carbocycles. The molecule has 0 spiro atoms. The van der Waals surface area contributed by atoms with Crippen LogP contribution in [0.5, 0.6) is 0 Å². The molecule has 4 aromatic rings. The minimum absolute atomic E-state index is 0.0369. The first-order chi connectivity index (χ1) is 10.8. The Kier molecular flexibility index (Phi) is 3.09. The SMILES string of the molecule is O=C(c1ccccc1)c1c2cc(Br)ccc2c2ccccn12. The second-order valence-electron chi connectivity index (χ2n) is 5.19. The Morgan fingerprint density at radius 1 is 0.864 bits per heavy atom. The lowest BCUT2D eigenvalue weighted by Gasteiger charge is -2.03. The van der Waals surface area contributed by atoms with Crippen molar-refractivity contribution in [1.82, 2.24) is 4.40 Å². The lowest BCUT2D eigenvalue weighted by molar-refractivity contribution is 0.103. The Balaban J connectivity index is 2.10. The van der Waals surface area contributed by atoms with Crippen molar-refractivity contribution in [1.29, 1.82) is 0 Å². The van der Waals surface area contributed by atoms with E-state index in [-0.39, 0.29) is 5.78 Å². The normalized spacial score (nSPS) is 11.1. The summed E-state index contributed by atoms with van der Waals surface area (Å²) in [5, 5.41) is 2.05. The third-order valence-corrected chi connectivity index (χ3v) is 4.36. The summed E-state index contributed by atoms with van der Waals surface area (Å²) < 4.78 is 2.95. The van der Waals surface area contributed by atoms with Crippen LogP contribution >= 0.6 is 15.9 Å². The van der Waals surface area contributed by atoms with Gasteiger partial charge < -0.3 is 4.40 Å². The third kappa shape index (κ3) is 1.97. The zero-order chi connectivity index (χ0) is 15.1. The van der Waals surface area contributed by atoms with Gasteiger partial charge in [-0.25, -0.2) is 0 Å². The maximum atomic E-state index is 13.0. The fourth-order valence-corrected chi connectivity index (χ4v) is 3.24. The average molecular weight is 350 g/mol. The lowest BCUT2D eigenvalue weighted by atomic mass is 10.0. The van der Waals surface area contributed by atoms with E-state index in [0.717, 1.165) is 20.8 Å². The molecule has 0 saturated heterocycles. The van der Waals surface area contributed by atoms with Crippen LogP contribution in [0.3, 0.4) is 0 Å². The summed E-state index contributed by atoms with van der Waals surface area (Å²) in [4.78, 5) is 13.0. The van der Waals surface area contributed by atoms with Crippen LogP contribution in [0, 0.1) is 0 Å². The number of hydrogen-bond donors (Lipinski definition) is 0. The van der Waals surface area contributed by atoms with Crippen molar-refractivity contribution >= 4 is 38.0 Å². The molecular weight excluding hydrogens is 338 g/mol. The summed E-state index contributed by atoms with van der Waals surface area (Å²) in [6.45, 7) is 0. The average Bonchev–Trinajstić information content (AvgIpc) is 2.88. The Labute approximate surface area is 136 Å². The molecule has 0 saturated carbocycles. The van der Waals surface area contributed by atoms with Crippen LogP contribution in [0.2, 0.25) is 0 Å². The molecule has 2 heterocycles. The van der Waals surface area contributed by atoms with Crippen LogP contribution in [0.4, 0.5) is 0 Å². The number of carbonyl (C=O) groups is 1. The Morgan fingerprint density at radius 3 is 2.45 bits per heavy atom.